The van der Waals surface area contributed by atoms with Crippen LogP contribution in [0.15, 0.2) is 24.3 Å². The van der Waals surface area contributed by atoms with Gasteiger partial charge in [-0.15, -0.1) is 0 Å². The lowest BCUT2D eigenvalue weighted by Crippen LogP contribution is -2.55. The molecule has 5 atom stereocenters. The van der Waals surface area contributed by atoms with Crippen LogP contribution in [-0.4, -0.2) is 47.5 Å². The minimum absolute atomic E-state index is 0.0274. The Kier molecular flexibility index (Phi) is 6.60. The summed E-state index contributed by atoms with van der Waals surface area (Å²) in [6.07, 6.45) is 4.92. The lowest BCUT2D eigenvalue weighted by atomic mass is 9.87. The molecule has 0 unspecified atom stereocenters. The van der Waals surface area contributed by atoms with E-state index in [2.05, 4.69) is 22.8 Å². The van der Waals surface area contributed by atoms with Gasteiger partial charge in [0.2, 0.25) is 17.7 Å². The van der Waals surface area contributed by atoms with Crippen LogP contribution in [0.25, 0.3) is 0 Å². The van der Waals surface area contributed by atoms with Gasteiger partial charge in [0.05, 0.1) is 12.6 Å². The standard InChI is InChI=1S/C24H33N3O4/c1-3-15(2)22(28)26-19-13-14-31-21-12-11-20(27(21)24(19)30)23(29)25-18-10-6-8-16-7-4-5-9-17(16)18/h4-5,7,9,15,18-21H,3,6,8,10-14H2,1-2H3,(H,25,29)(H,26,28)/t15-,18-,19+,20+,21+/m1/s1. The third kappa shape index (κ3) is 4.47. The highest BCUT2D eigenvalue weighted by Crippen LogP contribution is 2.32. The summed E-state index contributed by atoms with van der Waals surface area (Å²) in [5, 5.41) is 6.08. The summed E-state index contributed by atoms with van der Waals surface area (Å²) >= 11 is 0. The highest BCUT2D eigenvalue weighted by atomic mass is 16.5. The smallest absolute Gasteiger partial charge is 0.247 e. The number of fused-ring (bicyclic) bond motifs is 2. The first-order valence-electron chi connectivity index (χ1n) is 11.6. The molecule has 0 spiro atoms. The molecule has 1 aromatic rings. The Hall–Kier alpha value is -2.41. The Balaban J connectivity index is 1.47. The highest BCUT2D eigenvalue weighted by molar-refractivity contribution is 5.93. The molecule has 4 rings (SSSR count). The highest BCUT2D eigenvalue weighted by Gasteiger charge is 2.46. The second kappa shape index (κ2) is 9.39. The van der Waals surface area contributed by atoms with Crippen LogP contribution in [0.5, 0.6) is 0 Å². The number of aryl methyl sites for hydroxylation is 1. The van der Waals surface area contributed by atoms with Gasteiger partial charge in [-0.3, -0.25) is 14.4 Å². The van der Waals surface area contributed by atoms with Crippen molar-refractivity contribution in [3.63, 3.8) is 0 Å². The molecular weight excluding hydrogens is 394 g/mol. The number of carbonyl (C=O) groups is 3. The van der Waals surface area contributed by atoms with E-state index >= 15 is 0 Å². The predicted octanol–water partition coefficient (Wildman–Crippen LogP) is 2.45. The van der Waals surface area contributed by atoms with Crippen molar-refractivity contribution >= 4 is 17.7 Å². The summed E-state index contributed by atoms with van der Waals surface area (Å²) in [4.78, 5) is 40.6. The SMILES string of the molecule is CC[C@@H](C)C(=O)N[C@H]1CCO[C@H]2CC[C@@H](C(=O)N[C@@H]3CCCc4ccccc43)N2C1=O. The number of rotatable bonds is 5. The van der Waals surface area contributed by atoms with Gasteiger partial charge in [-0.2, -0.15) is 0 Å². The van der Waals surface area contributed by atoms with Crippen molar-refractivity contribution in [2.75, 3.05) is 6.61 Å². The second-order valence-electron chi connectivity index (χ2n) is 8.98. The van der Waals surface area contributed by atoms with Gasteiger partial charge in [0.15, 0.2) is 0 Å². The molecule has 7 nitrogen and oxygen atoms in total. The molecule has 2 saturated heterocycles. The summed E-state index contributed by atoms with van der Waals surface area (Å²) in [6, 6.07) is 7.01. The topological polar surface area (TPSA) is 87.7 Å². The van der Waals surface area contributed by atoms with Gasteiger partial charge in [-0.25, -0.2) is 0 Å². The van der Waals surface area contributed by atoms with Crippen LogP contribution in [0.3, 0.4) is 0 Å². The summed E-state index contributed by atoms with van der Waals surface area (Å²) in [5.74, 6) is -0.619. The number of nitrogens with zero attached hydrogens (tertiary/aromatic N) is 1. The molecule has 31 heavy (non-hydrogen) atoms. The zero-order valence-electron chi connectivity index (χ0n) is 18.4. The van der Waals surface area contributed by atoms with E-state index in [-0.39, 0.29) is 29.7 Å². The van der Waals surface area contributed by atoms with Gasteiger partial charge < -0.3 is 20.3 Å². The van der Waals surface area contributed by atoms with Crippen LogP contribution in [0, 0.1) is 5.92 Å². The summed E-state index contributed by atoms with van der Waals surface area (Å²) in [7, 11) is 0. The molecule has 1 aliphatic carbocycles. The van der Waals surface area contributed by atoms with Gasteiger partial charge in [-0.05, 0) is 49.7 Å². The Bertz CT molecular complexity index is 842. The fraction of sp³-hybridized carbons (Fsp3) is 0.625. The first-order valence-corrected chi connectivity index (χ1v) is 11.6. The molecule has 0 bridgehead atoms. The van der Waals surface area contributed by atoms with Crippen molar-refractivity contribution < 1.29 is 19.1 Å². The van der Waals surface area contributed by atoms with E-state index in [9.17, 15) is 14.4 Å². The molecule has 0 aromatic heterocycles. The maximum absolute atomic E-state index is 13.3. The van der Waals surface area contributed by atoms with Gasteiger partial charge in [0.1, 0.15) is 18.3 Å². The number of carbonyl (C=O) groups excluding carboxylic acids is 3. The van der Waals surface area contributed by atoms with Crippen molar-refractivity contribution in [1.82, 2.24) is 15.5 Å². The van der Waals surface area contributed by atoms with Gasteiger partial charge in [-0.1, -0.05) is 38.1 Å². The maximum Gasteiger partial charge on any atom is 0.247 e. The third-order valence-electron chi connectivity index (χ3n) is 6.97. The van der Waals surface area contributed by atoms with Crippen LogP contribution >= 0.6 is 0 Å². The van der Waals surface area contributed by atoms with Gasteiger partial charge in [0, 0.05) is 12.3 Å². The Morgan fingerprint density at radius 3 is 2.74 bits per heavy atom. The van der Waals surface area contributed by atoms with E-state index in [1.54, 1.807) is 4.90 Å². The molecule has 2 N–H and O–H groups in total. The lowest BCUT2D eigenvalue weighted by molar-refractivity contribution is -0.149. The maximum atomic E-state index is 13.3. The predicted molar refractivity (Wildman–Crippen MR) is 116 cm³/mol. The van der Waals surface area contributed by atoms with Crippen LogP contribution in [0.4, 0.5) is 0 Å². The number of nitrogens with one attached hydrogen (secondary N) is 2. The zero-order chi connectivity index (χ0) is 22.0. The van der Waals surface area contributed by atoms with E-state index in [1.165, 1.54) is 11.1 Å². The van der Waals surface area contributed by atoms with Crippen LogP contribution < -0.4 is 10.6 Å². The van der Waals surface area contributed by atoms with Crippen LogP contribution in [0.1, 0.15) is 69.5 Å². The van der Waals surface area contributed by atoms with Gasteiger partial charge in [0.25, 0.3) is 0 Å². The molecule has 0 radical (unpaired) electrons. The molecule has 2 aliphatic heterocycles. The van der Waals surface area contributed by atoms with E-state index < -0.39 is 18.3 Å². The van der Waals surface area contributed by atoms with Crippen molar-refractivity contribution in [3.05, 3.63) is 35.4 Å². The first-order chi connectivity index (χ1) is 15.0. The fourth-order valence-corrected chi connectivity index (χ4v) is 4.93. The van der Waals surface area contributed by atoms with Gasteiger partial charge >= 0.3 is 0 Å². The number of ether oxygens (including phenoxy) is 1. The van der Waals surface area contributed by atoms with Crippen LogP contribution in [0.2, 0.25) is 0 Å². The van der Waals surface area contributed by atoms with Crippen LogP contribution in [-0.2, 0) is 25.5 Å². The first kappa shape index (κ1) is 21.8. The summed E-state index contributed by atoms with van der Waals surface area (Å²) in [5.41, 5.74) is 2.46. The lowest BCUT2D eigenvalue weighted by Gasteiger charge is -2.32. The van der Waals surface area contributed by atoms with Crippen molar-refractivity contribution in [1.29, 1.82) is 0 Å². The number of amides is 3. The largest absolute Gasteiger partial charge is 0.358 e. The molecule has 2 heterocycles. The summed E-state index contributed by atoms with van der Waals surface area (Å²) < 4.78 is 5.90. The average molecular weight is 428 g/mol. The van der Waals surface area contributed by atoms with Crippen molar-refractivity contribution in [2.45, 2.75) is 83.1 Å². The molecular formula is C24H33N3O4. The molecule has 1 aromatic carbocycles. The normalized spacial score (nSPS) is 28.8. The monoisotopic (exact) mass is 427 g/mol. The Morgan fingerprint density at radius 2 is 1.94 bits per heavy atom. The molecule has 2 fully saturated rings. The summed E-state index contributed by atoms with van der Waals surface area (Å²) in [6.45, 7) is 4.19. The fourth-order valence-electron chi connectivity index (χ4n) is 4.93. The van der Waals surface area contributed by atoms with E-state index in [1.807, 2.05) is 26.0 Å². The van der Waals surface area contributed by atoms with Crippen molar-refractivity contribution in [3.8, 4) is 0 Å². The zero-order valence-corrected chi connectivity index (χ0v) is 18.4. The minimum Gasteiger partial charge on any atom is -0.358 e. The number of hydrogen-bond acceptors (Lipinski definition) is 4. The number of hydrogen-bond donors (Lipinski definition) is 2. The molecule has 0 saturated carbocycles. The Morgan fingerprint density at radius 1 is 1.13 bits per heavy atom. The molecule has 168 valence electrons. The quantitative estimate of drug-likeness (QED) is 0.756. The molecule has 7 heteroatoms. The minimum atomic E-state index is -0.643. The van der Waals surface area contributed by atoms with E-state index in [4.69, 9.17) is 4.74 Å². The van der Waals surface area contributed by atoms with E-state index in [0.29, 0.717) is 32.3 Å². The van der Waals surface area contributed by atoms with Crippen molar-refractivity contribution in [2.24, 2.45) is 5.92 Å². The molecule has 3 amide bonds. The molecule has 3 aliphatic rings. The number of benzene rings is 1. The Labute approximate surface area is 183 Å². The third-order valence-corrected chi connectivity index (χ3v) is 6.97. The second-order valence-corrected chi connectivity index (χ2v) is 8.98. The average Bonchev–Trinajstić information content (AvgIpc) is 3.15. The van der Waals surface area contributed by atoms with E-state index in [0.717, 1.165) is 19.3 Å².